The molecule has 1 fully saturated rings. The van der Waals surface area contributed by atoms with Crippen LogP contribution < -0.4 is 5.32 Å². The summed E-state index contributed by atoms with van der Waals surface area (Å²) in [6.07, 6.45) is 0. The quantitative estimate of drug-likeness (QED) is 0.654. The summed E-state index contributed by atoms with van der Waals surface area (Å²) in [4.78, 5) is 0. The van der Waals surface area contributed by atoms with E-state index in [9.17, 15) is 5.11 Å². The van der Waals surface area contributed by atoms with E-state index in [4.69, 9.17) is 11.6 Å². The minimum atomic E-state index is 0.220. The zero-order chi connectivity index (χ0) is 8.72. The summed E-state index contributed by atoms with van der Waals surface area (Å²) in [5.41, 5.74) is 2.00. The Kier molecular flexibility index (Phi) is 1.74. The summed E-state index contributed by atoms with van der Waals surface area (Å²) < 4.78 is 0. The number of nitrogens with one attached hydrogen (secondary N) is 1. The number of aromatic hydroxyl groups is 1. The van der Waals surface area contributed by atoms with Crippen molar-refractivity contribution in [2.75, 3.05) is 6.54 Å². The summed E-state index contributed by atoms with van der Waals surface area (Å²) in [5.74, 6) is 0.220. The monoisotopic (exact) mass is 183 g/mol. The molecule has 3 heteroatoms. The van der Waals surface area contributed by atoms with E-state index in [0.717, 1.165) is 17.7 Å². The maximum Gasteiger partial charge on any atom is 0.139 e. The molecule has 1 heterocycles. The number of benzene rings is 1. The minimum absolute atomic E-state index is 0.220. The standard InChI is InChI=1S/C9H10ClNO/c1-5-2-6(8-4-11-8)9(12)7(10)3-5/h2-3,8,11-12H,4H2,1H3/t8-/m1/s1. The number of rotatable bonds is 1. The number of phenols is 1. The molecule has 1 aliphatic heterocycles. The van der Waals surface area contributed by atoms with Gasteiger partial charge in [-0.25, -0.2) is 0 Å². The molecule has 0 unspecified atom stereocenters. The van der Waals surface area contributed by atoms with Crippen LogP contribution in [0.4, 0.5) is 0 Å². The molecule has 0 amide bonds. The van der Waals surface area contributed by atoms with Crippen molar-refractivity contribution >= 4 is 11.6 Å². The van der Waals surface area contributed by atoms with Gasteiger partial charge in [0.2, 0.25) is 0 Å². The highest BCUT2D eigenvalue weighted by molar-refractivity contribution is 6.32. The van der Waals surface area contributed by atoms with E-state index >= 15 is 0 Å². The van der Waals surface area contributed by atoms with Gasteiger partial charge in [0.1, 0.15) is 5.75 Å². The SMILES string of the molecule is Cc1cc(Cl)c(O)c([C@H]2CN2)c1. The third-order valence-electron chi connectivity index (χ3n) is 2.02. The van der Waals surface area contributed by atoms with Gasteiger partial charge in [-0.3, -0.25) is 0 Å². The summed E-state index contributed by atoms with van der Waals surface area (Å²) in [6, 6.07) is 4.04. The number of hydrogen-bond acceptors (Lipinski definition) is 2. The molecule has 1 aromatic rings. The number of phenolic OH excluding ortho intramolecular Hbond substituents is 1. The molecule has 0 aliphatic carbocycles. The first-order valence-electron chi connectivity index (χ1n) is 3.91. The van der Waals surface area contributed by atoms with Crippen LogP contribution in [0.5, 0.6) is 5.75 Å². The van der Waals surface area contributed by atoms with Gasteiger partial charge in [-0.15, -0.1) is 0 Å². The third kappa shape index (κ3) is 1.28. The molecule has 2 N–H and O–H groups in total. The molecule has 1 atom stereocenters. The van der Waals surface area contributed by atoms with E-state index in [1.54, 1.807) is 6.07 Å². The second-order valence-corrected chi connectivity index (χ2v) is 3.55. The van der Waals surface area contributed by atoms with E-state index in [1.165, 1.54) is 0 Å². The zero-order valence-corrected chi connectivity index (χ0v) is 7.52. The van der Waals surface area contributed by atoms with E-state index in [-0.39, 0.29) is 5.75 Å². The first-order chi connectivity index (χ1) is 5.68. The fourth-order valence-electron chi connectivity index (χ4n) is 1.31. The van der Waals surface area contributed by atoms with Crippen molar-refractivity contribution in [2.24, 2.45) is 0 Å². The van der Waals surface area contributed by atoms with Crippen LogP contribution in [-0.2, 0) is 0 Å². The van der Waals surface area contributed by atoms with E-state index in [1.807, 2.05) is 13.0 Å². The van der Waals surface area contributed by atoms with Crippen LogP contribution in [0.15, 0.2) is 12.1 Å². The topological polar surface area (TPSA) is 42.2 Å². The molecule has 2 nitrogen and oxygen atoms in total. The molecule has 1 saturated heterocycles. The molecule has 0 bridgehead atoms. The summed E-state index contributed by atoms with van der Waals surface area (Å²) in [5, 5.41) is 13.1. The van der Waals surface area contributed by atoms with Crippen molar-refractivity contribution in [3.05, 3.63) is 28.3 Å². The van der Waals surface area contributed by atoms with Gasteiger partial charge in [0, 0.05) is 18.2 Å². The lowest BCUT2D eigenvalue weighted by Gasteiger charge is -2.05. The maximum absolute atomic E-state index is 9.56. The highest BCUT2D eigenvalue weighted by Gasteiger charge is 2.26. The molecule has 1 aliphatic rings. The van der Waals surface area contributed by atoms with Gasteiger partial charge in [-0.2, -0.15) is 0 Å². The predicted molar refractivity (Wildman–Crippen MR) is 48.6 cm³/mol. The number of hydrogen-bond donors (Lipinski definition) is 2. The van der Waals surface area contributed by atoms with Crippen molar-refractivity contribution in [3.63, 3.8) is 0 Å². The van der Waals surface area contributed by atoms with Crippen molar-refractivity contribution in [3.8, 4) is 5.75 Å². The van der Waals surface area contributed by atoms with Gasteiger partial charge >= 0.3 is 0 Å². The molecule has 64 valence electrons. The average Bonchev–Trinajstić information content (AvgIpc) is 2.79. The molecule has 0 radical (unpaired) electrons. The molecule has 12 heavy (non-hydrogen) atoms. The summed E-state index contributed by atoms with van der Waals surface area (Å²) >= 11 is 5.81. The average molecular weight is 184 g/mol. The Morgan fingerprint density at radius 1 is 1.58 bits per heavy atom. The van der Waals surface area contributed by atoms with Crippen LogP contribution in [0, 0.1) is 6.92 Å². The molecular formula is C9H10ClNO. The van der Waals surface area contributed by atoms with Crippen LogP contribution in [0.3, 0.4) is 0 Å². The lowest BCUT2D eigenvalue weighted by Crippen LogP contribution is -1.87. The Labute approximate surface area is 76.2 Å². The molecule has 0 saturated carbocycles. The van der Waals surface area contributed by atoms with Gasteiger partial charge < -0.3 is 10.4 Å². The normalized spacial score (nSPS) is 21.0. The fourth-order valence-corrected chi connectivity index (χ4v) is 1.59. The minimum Gasteiger partial charge on any atom is -0.506 e. The van der Waals surface area contributed by atoms with Gasteiger partial charge in [0.25, 0.3) is 0 Å². The second kappa shape index (κ2) is 2.64. The predicted octanol–water partition coefficient (Wildman–Crippen LogP) is 2.00. The van der Waals surface area contributed by atoms with Gasteiger partial charge in [-0.05, 0) is 18.6 Å². The summed E-state index contributed by atoms with van der Waals surface area (Å²) in [7, 11) is 0. The fraction of sp³-hybridized carbons (Fsp3) is 0.333. The highest BCUT2D eigenvalue weighted by atomic mass is 35.5. The Hall–Kier alpha value is -0.730. The van der Waals surface area contributed by atoms with Crippen molar-refractivity contribution in [2.45, 2.75) is 13.0 Å². The Morgan fingerprint density at radius 2 is 2.25 bits per heavy atom. The van der Waals surface area contributed by atoms with Crippen molar-refractivity contribution in [1.82, 2.24) is 5.32 Å². The second-order valence-electron chi connectivity index (χ2n) is 3.15. The first kappa shape index (κ1) is 7.90. The highest BCUT2D eigenvalue weighted by Crippen LogP contribution is 2.36. The molecule has 1 aromatic carbocycles. The lowest BCUT2D eigenvalue weighted by atomic mass is 10.1. The van der Waals surface area contributed by atoms with E-state index in [2.05, 4.69) is 5.32 Å². The van der Waals surface area contributed by atoms with Crippen LogP contribution in [0.1, 0.15) is 17.2 Å². The molecule has 0 spiro atoms. The Bertz CT molecular complexity index is 321. The molecular weight excluding hydrogens is 174 g/mol. The van der Waals surface area contributed by atoms with Gasteiger partial charge in [0.05, 0.1) is 5.02 Å². The van der Waals surface area contributed by atoms with Crippen LogP contribution in [0.2, 0.25) is 5.02 Å². The number of aryl methyl sites for hydroxylation is 1. The van der Waals surface area contributed by atoms with Gasteiger partial charge in [-0.1, -0.05) is 17.7 Å². The van der Waals surface area contributed by atoms with Crippen molar-refractivity contribution < 1.29 is 5.11 Å². The van der Waals surface area contributed by atoms with Crippen LogP contribution in [0.25, 0.3) is 0 Å². The smallest absolute Gasteiger partial charge is 0.139 e. The maximum atomic E-state index is 9.56. The molecule has 2 rings (SSSR count). The molecule has 0 aromatic heterocycles. The third-order valence-corrected chi connectivity index (χ3v) is 2.31. The van der Waals surface area contributed by atoms with Crippen LogP contribution in [-0.4, -0.2) is 11.7 Å². The van der Waals surface area contributed by atoms with E-state index in [0.29, 0.717) is 11.1 Å². The largest absolute Gasteiger partial charge is 0.506 e. The Balaban J connectivity index is 2.51. The van der Waals surface area contributed by atoms with Crippen LogP contribution >= 0.6 is 11.6 Å². The lowest BCUT2D eigenvalue weighted by molar-refractivity contribution is 0.468. The zero-order valence-electron chi connectivity index (χ0n) is 6.76. The Morgan fingerprint density at radius 3 is 2.83 bits per heavy atom. The van der Waals surface area contributed by atoms with Crippen molar-refractivity contribution in [1.29, 1.82) is 0 Å². The van der Waals surface area contributed by atoms with E-state index < -0.39 is 0 Å². The number of halogens is 1. The van der Waals surface area contributed by atoms with Gasteiger partial charge in [0.15, 0.2) is 0 Å². The summed E-state index contributed by atoms with van der Waals surface area (Å²) in [6.45, 7) is 2.91. The first-order valence-corrected chi connectivity index (χ1v) is 4.28.